The van der Waals surface area contributed by atoms with Gasteiger partial charge in [-0.3, -0.25) is 0 Å². The van der Waals surface area contributed by atoms with E-state index in [1.54, 1.807) is 0 Å². The standard InChI is InChI=1S/C29H54/c1-5-7-9-10-11-12-13-14-15-16-17-18-19-20-21-22-23-25-27-29(28(3)4)26-24-8-6-2/h28-29H,1-2,5-10,13-27H2,3-4H3. The Morgan fingerprint density at radius 2 is 0.828 bits per heavy atom. The molecule has 0 aliphatic rings. The van der Waals surface area contributed by atoms with Crippen molar-refractivity contribution in [3.63, 3.8) is 0 Å². The van der Waals surface area contributed by atoms with Crippen LogP contribution < -0.4 is 0 Å². The lowest BCUT2D eigenvalue weighted by Crippen LogP contribution is -2.08. The molecule has 0 saturated heterocycles. The Morgan fingerprint density at radius 3 is 1.28 bits per heavy atom. The second kappa shape index (κ2) is 23.8. The maximum Gasteiger partial charge on any atom is 0.00886 e. The predicted molar refractivity (Wildman–Crippen MR) is 134 cm³/mol. The van der Waals surface area contributed by atoms with E-state index in [0.29, 0.717) is 0 Å². The molecule has 0 aliphatic heterocycles. The summed E-state index contributed by atoms with van der Waals surface area (Å²) >= 11 is 0. The van der Waals surface area contributed by atoms with Crippen LogP contribution in [-0.4, -0.2) is 0 Å². The highest BCUT2D eigenvalue weighted by atomic mass is 14.2. The molecule has 0 spiro atoms. The molecular weight excluding hydrogens is 348 g/mol. The Hall–Kier alpha value is -0.440. The molecule has 0 aromatic carbocycles. The fraction of sp³-hybridized carbons (Fsp3) is 0.862. The van der Waals surface area contributed by atoms with Crippen LogP contribution in [0.5, 0.6) is 0 Å². The van der Waals surface area contributed by atoms with Gasteiger partial charge in [0.15, 0.2) is 0 Å². The monoisotopic (exact) mass is 402 g/mol. The van der Waals surface area contributed by atoms with Gasteiger partial charge >= 0.3 is 0 Å². The topological polar surface area (TPSA) is 0 Å². The summed E-state index contributed by atoms with van der Waals surface area (Å²) < 4.78 is 0. The average Bonchev–Trinajstić information content (AvgIpc) is 2.71. The van der Waals surface area contributed by atoms with E-state index in [4.69, 9.17) is 0 Å². The van der Waals surface area contributed by atoms with Gasteiger partial charge in [0, 0.05) is 12.8 Å². The minimum atomic E-state index is 0.857. The van der Waals surface area contributed by atoms with Crippen LogP contribution in [0.4, 0.5) is 0 Å². The molecule has 0 heterocycles. The zero-order chi connectivity index (χ0) is 21.4. The maximum absolute atomic E-state index is 3.97. The van der Waals surface area contributed by atoms with E-state index in [9.17, 15) is 0 Å². The number of unbranched alkanes of at least 4 members (excludes halogenated alkanes) is 16. The third kappa shape index (κ3) is 22.1. The molecule has 0 nitrogen and oxygen atoms in total. The summed E-state index contributed by atoms with van der Waals surface area (Å²) in [5.74, 6) is 8.44. The number of rotatable bonds is 21. The molecule has 0 fully saturated rings. The van der Waals surface area contributed by atoms with Gasteiger partial charge in [-0.15, -0.1) is 11.8 Å². The van der Waals surface area contributed by atoms with Crippen LogP contribution in [-0.2, 0) is 0 Å². The van der Waals surface area contributed by atoms with E-state index in [0.717, 1.165) is 37.5 Å². The second-order valence-electron chi connectivity index (χ2n) is 9.45. The SMILES string of the molecule is [CH2]CCCCC#CCCCCCCCCCCCCCC(CCCC[CH2])C(C)C. The minimum Gasteiger partial charge on any atom is -0.103 e. The molecule has 0 saturated carbocycles. The van der Waals surface area contributed by atoms with Crippen molar-refractivity contribution in [1.29, 1.82) is 0 Å². The van der Waals surface area contributed by atoms with Crippen molar-refractivity contribution in [1.82, 2.24) is 0 Å². The molecule has 2 radical (unpaired) electrons. The fourth-order valence-electron chi connectivity index (χ4n) is 4.17. The van der Waals surface area contributed by atoms with Gasteiger partial charge in [-0.25, -0.2) is 0 Å². The van der Waals surface area contributed by atoms with Gasteiger partial charge in [-0.05, 0) is 24.7 Å². The molecule has 0 heteroatoms. The van der Waals surface area contributed by atoms with E-state index >= 15 is 0 Å². The highest BCUT2D eigenvalue weighted by Gasteiger charge is 2.12. The van der Waals surface area contributed by atoms with Crippen molar-refractivity contribution in [2.24, 2.45) is 11.8 Å². The van der Waals surface area contributed by atoms with Crippen molar-refractivity contribution in [2.75, 3.05) is 0 Å². The lowest BCUT2D eigenvalue weighted by atomic mass is 9.86. The molecule has 0 bridgehead atoms. The van der Waals surface area contributed by atoms with E-state index in [1.165, 1.54) is 109 Å². The predicted octanol–water partition coefficient (Wildman–Crippen LogP) is 10.1. The van der Waals surface area contributed by atoms with Gasteiger partial charge in [-0.1, -0.05) is 137 Å². The summed E-state index contributed by atoms with van der Waals surface area (Å²) in [6, 6.07) is 0. The third-order valence-corrected chi connectivity index (χ3v) is 6.32. The summed E-state index contributed by atoms with van der Waals surface area (Å²) in [5, 5.41) is 0. The zero-order valence-electron chi connectivity index (χ0n) is 20.4. The Morgan fingerprint density at radius 1 is 0.483 bits per heavy atom. The molecule has 0 amide bonds. The fourth-order valence-corrected chi connectivity index (χ4v) is 4.17. The first kappa shape index (κ1) is 28.6. The molecule has 29 heavy (non-hydrogen) atoms. The van der Waals surface area contributed by atoms with Crippen LogP contribution in [0.1, 0.15) is 149 Å². The van der Waals surface area contributed by atoms with Crippen molar-refractivity contribution in [3.8, 4) is 11.8 Å². The smallest absolute Gasteiger partial charge is 0.00886 e. The van der Waals surface area contributed by atoms with E-state index in [1.807, 2.05) is 0 Å². The summed E-state index contributed by atoms with van der Waals surface area (Å²) in [6.45, 7) is 12.7. The number of hydrogen-bond donors (Lipinski definition) is 0. The Labute approximate surface area is 186 Å². The average molecular weight is 403 g/mol. The molecule has 0 rings (SSSR count). The lowest BCUT2D eigenvalue weighted by molar-refractivity contribution is 0.314. The van der Waals surface area contributed by atoms with Gasteiger partial charge in [0.2, 0.25) is 0 Å². The van der Waals surface area contributed by atoms with Crippen LogP contribution in [0.25, 0.3) is 0 Å². The van der Waals surface area contributed by atoms with Gasteiger partial charge in [-0.2, -0.15) is 0 Å². The summed E-state index contributed by atoms with van der Waals surface area (Å²) in [6.07, 6.45) is 28.1. The summed E-state index contributed by atoms with van der Waals surface area (Å²) in [7, 11) is 0. The third-order valence-electron chi connectivity index (χ3n) is 6.32. The summed E-state index contributed by atoms with van der Waals surface area (Å²) in [5.41, 5.74) is 0. The zero-order valence-corrected chi connectivity index (χ0v) is 20.4. The molecule has 1 unspecified atom stereocenters. The Balaban J connectivity index is 3.30. The van der Waals surface area contributed by atoms with Crippen molar-refractivity contribution < 1.29 is 0 Å². The minimum absolute atomic E-state index is 0.857. The quantitative estimate of drug-likeness (QED) is 0.132. The molecular formula is C29H54. The second-order valence-corrected chi connectivity index (χ2v) is 9.45. The van der Waals surface area contributed by atoms with E-state index in [-0.39, 0.29) is 0 Å². The largest absolute Gasteiger partial charge is 0.103 e. The first-order valence-corrected chi connectivity index (χ1v) is 13.3. The van der Waals surface area contributed by atoms with Gasteiger partial charge in [0.05, 0.1) is 0 Å². The first-order valence-electron chi connectivity index (χ1n) is 13.3. The van der Waals surface area contributed by atoms with Crippen LogP contribution in [0.3, 0.4) is 0 Å². The number of hydrogen-bond acceptors (Lipinski definition) is 0. The molecule has 0 aromatic rings. The highest BCUT2D eigenvalue weighted by molar-refractivity contribution is 4.98. The normalized spacial score (nSPS) is 12.2. The van der Waals surface area contributed by atoms with Crippen LogP contribution >= 0.6 is 0 Å². The van der Waals surface area contributed by atoms with Crippen LogP contribution in [0, 0.1) is 37.5 Å². The van der Waals surface area contributed by atoms with Gasteiger partial charge in [0.1, 0.15) is 0 Å². The Bertz CT molecular complexity index is 356. The van der Waals surface area contributed by atoms with Crippen molar-refractivity contribution in [2.45, 2.75) is 149 Å². The van der Waals surface area contributed by atoms with E-state index in [2.05, 4.69) is 39.5 Å². The maximum atomic E-state index is 3.97. The highest BCUT2D eigenvalue weighted by Crippen LogP contribution is 2.25. The molecule has 170 valence electrons. The molecule has 0 N–H and O–H groups in total. The van der Waals surface area contributed by atoms with Crippen molar-refractivity contribution >= 4 is 0 Å². The first-order chi connectivity index (χ1) is 14.2. The molecule has 0 aliphatic carbocycles. The van der Waals surface area contributed by atoms with E-state index < -0.39 is 0 Å². The van der Waals surface area contributed by atoms with Crippen LogP contribution in [0.15, 0.2) is 0 Å². The molecule has 1 atom stereocenters. The van der Waals surface area contributed by atoms with Gasteiger partial charge < -0.3 is 0 Å². The summed E-state index contributed by atoms with van der Waals surface area (Å²) in [4.78, 5) is 0. The van der Waals surface area contributed by atoms with Crippen molar-refractivity contribution in [3.05, 3.63) is 13.8 Å². The van der Waals surface area contributed by atoms with Crippen LogP contribution in [0.2, 0.25) is 0 Å². The lowest BCUT2D eigenvalue weighted by Gasteiger charge is -2.20. The molecule has 0 aromatic heterocycles. The Kier molecular flexibility index (Phi) is 23.5. The van der Waals surface area contributed by atoms with Gasteiger partial charge in [0.25, 0.3) is 0 Å².